The number of guanidine groups is 1. The molecular weight excluding hydrogens is 485 g/mol. The lowest BCUT2D eigenvalue weighted by Crippen LogP contribution is -2.39. The summed E-state index contributed by atoms with van der Waals surface area (Å²) < 4.78 is 14.2. The molecule has 6 nitrogen and oxygen atoms in total. The SMILES string of the molecule is CCNC(=NCCCn1nc(C)cc1C)NCCS(=O)Cc1ccccc1.I. The van der Waals surface area contributed by atoms with Crippen molar-refractivity contribution in [3.8, 4) is 0 Å². The van der Waals surface area contributed by atoms with Crippen LogP contribution in [0, 0.1) is 13.8 Å². The van der Waals surface area contributed by atoms with E-state index in [0.29, 0.717) is 18.1 Å². The smallest absolute Gasteiger partial charge is 0.191 e. The Bertz CT molecular complexity index is 748. The van der Waals surface area contributed by atoms with Gasteiger partial charge in [0.1, 0.15) is 0 Å². The molecule has 1 unspecified atom stereocenters. The molecule has 0 aliphatic carbocycles. The Morgan fingerprint density at radius 3 is 2.61 bits per heavy atom. The van der Waals surface area contributed by atoms with Crippen LogP contribution < -0.4 is 10.6 Å². The van der Waals surface area contributed by atoms with Crippen LogP contribution in [0.4, 0.5) is 0 Å². The molecule has 1 heterocycles. The number of aliphatic imine (C=N–C) groups is 1. The highest BCUT2D eigenvalue weighted by molar-refractivity contribution is 14.0. The molecule has 0 saturated heterocycles. The first-order chi connectivity index (χ1) is 13.1. The van der Waals surface area contributed by atoms with E-state index in [4.69, 9.17) is 0 Å². The topological polar surface area (TPSA) is 71.3 Å². The van der Waals surface area contributed by atoms with Crippen LogP contribution in [0.15, 0.2) is 41.4 Å². The molecule has 156 valence electrons. The lowest BCUT2D eigenvalue weighted by Gasteiger charge is -2.11. The van der Waals surface area contributed by atoms with Crippen LogP contribution in [0.5, 0.6) is 0 Å². The van der Waals surface area contributed by atoms with E-state index in [2.05, 4.69) is 33.7 Å². The molecule has 0 bridgehead atoms. The second kappa shape index (κ2) is 13.7. The summed E-state index contributed by atoms with van der Waals surface area (Å²) in [5.74, 6) is 1.98. The minimum absolute atomic E-state index is 0. The first-order valence-corrected chi connectivity index (χ1v) is 11.0. The molecule has 1 aromatic carbocycles. The van der Waals surface area contributed by atoms with Gasteiger partial charge in [-0.25, -0.2) is 0 Å². The number of nitrogens with zero attached hydrogens (tertiary/aromatic N) is 3. The molecule has 0 fully saturated rings. The van der Waals surface area contributed by atoms with E-state index in [1.807, 2.05) is 48.9 Å². The summed E-state index contributed by atoms with van der Waals surface area (Å²) in [4.78, 5) is 4.60. The summed E-state index contributed by atoms with van der Waals surface area (Å²) >= 11 is 0. The first-order valence-electron chi connectivity index (χ1n) is 9.50. The molecule has 0 saturated carbocycles. The minimum Gasteiger partial charge on any atom is -0.357 e. The lowest BCUT2D eigenvalue weighted by atomic mass is 10.2. The number of nitrogens with one attached hydrogen (secondary N) is 2. The molecule has 2 N–H and O–H groups in total. The Kier molecular flexibility index (Phi) is 12.1. The van der Waals surface area contributed by atoms with E-state index in [0.717, 1.165) is 43.3 Å². The summed E-state index contributed by atoms with van der Waals surface area (Å²) in [5.41, 5.74) is 3.34. The summed E-state index contributed by atoms with van der Waals surface area (Å²) in [5, 5.41) is 11.0. The highest BCUT2D eigenvalue weighted by atomic mass is 127. The summed E-state index contributed by atoms with van der Waals surface area (Å²) in [6.07, 6.45) is 0.929. The van der Waals surface area contributed by atoms with E-state index in [1.165, 1.54) is 5.69 Å². The van der Waals surface area contributed by atoms with Crippen LogP contribution >= 0.6 is 24.0 Å². The van der Waals surface area contributed by atoms with Gasteiger partial charge in [-0.1, -0.05) is 30.3 Å². The van der Waals surface area contributed by atoms with E-state index in [1.54, 1.807) is 0 Å². The number of hydrogen-bond acceptors (Lipinski definition) is 3. The second-order valence-corrected chi connectivity index (χ2v) is 8.04. The van der Waals surface area contributed by atoms with Gasteiger partial charge in [0.2, 0.25) is 0 Å². The predicted molar refractivity (Wildman–Crippen MR) is 129 cm³/mol. The van der Waals surface area contributed by atoms with Crippen LogP contribution in [-0.2, 0) is 23.1 Å². The van der Waals surface area contributed by atoms with Crippen LogP contribution in [0.25, 0.3) is 0 Å². The molecule has 2 rings (SSSR count). The highest BCUT2D eigenvalue weighted by Crippen LogP contribution is 2.03. The van der Waals surface area contributed by atoms with Crippen molar-refractivity contribution < 1.29 is 4.21 Å². The Labute approximate surface area is 188 Å². The van der Waals surface area contributed by atoms with Gasteiger partial charge in [0.25, 0.3) is 0 Å². The van der Waals surface area contributed by atoms with Crippen molar-refractivity contribution in [3.63, 3.8) is 0 Å². The number of aromatic nitrogens is 2. The summed E-state index contributed by atoms with van der Waals surface area (Å²) in [7, 11) is -0.881. The number of benzene rings is 1. The third kappa shape index (κ3) is 9.18. The Morgan fingerprint density at radius 2 is 1.96 bits per heavy atom. The van der Waals surface area contributed by atoms with Crippen molar-refractivity contribution in [1.29, 1.82) is 0 Å². The van der Waals surface area contributed by atoms with Crippen molar-refractivity contribution in [1.82, 2.24) is 20.4 Å². The number of halogens is 1. The van der Waals surface area contributed by atoms with Crippen molar-refractivity contribution in [2.24, 2.45) is 4.99 Å². The zero-order chi connectivity index (χ0) is 19.5. The maximum absolute atomic E-state index is 12.2. The molecule has 0 spiro atoms. The number of aryl methyl sites for hydroxylation is 3. The first kappa shape index (κ1) is 24.6. The van der Waals surface area contributed by atoms with Gasteiger partial charge >= 0.3 is 0 Å². The molecule has 1 aromatic heterocycles. The zero-order valence-corrected chi connectivity index (χ0v) is 20.1. The normalized spacial score (nSPS) is 12.3. The van der Waals surface area contributed by atoms with Crippen molar-refractivity contribution in [2.45, 2.75) is 39.5 Å². The van der Waals surface area contributed by atoms with Gasteiger partial charge in [-0.3, -0.25) is 13.9 Å². The maximum atomic E-state index is 12.2. The summed E-state index contributed by atoms with van der Waals surface area (Å²) in [6, 6.07) is 12.0. The molecule has 8 heteroatoms. The van der Waals surface area contributed by atoms with Gasteiger partial charge in [0.05, 0.1) is 5.69 Å². The van der Waals surface area contributed by atoms with Gasteiger partial charge in [-0.2, -0.15) is 5.10 Å². The maximum Gasteiger partial charge on any atom is 0.191 e. The van der Waals surface area contributed by atoms with Crippen molar-refractivity contribution in [3.05, 3.63) is 53.3 Å². The van der Waals surface area contributed by atoms with Crippen LogP contribution in [0.1, 0.15) is 30.3 Å². The molecule has 28 heavy (non-hydrogen) atoms. The molecule has 0 radical (unpaired) electrons. The van der Waals surface area contributed by atoms with E-state index in [9.17, 15) is 4.21 Å². The Morgan fingerprint density at radius 1 is 1.21 bits per heavy atom. The molecule has 0 aliphatic rings. The molecule has 1 atom stereocenters. The number of hydrogen-bond donors (Lipinski definition) is 2. The Hall–Kier alpha value is -1.42. The fourth-order valence-corrected chi connectivity index (χ4v) is 3.81. The summed E-state index contributed by atoms with van der Waals surface area (Å²) in [6.45, 7) is 9.16. The molecular formula is C20H32IN5OS. The second-order valence-electron chi connectivity index (χ2n) is 6.47. The quantitative estimate of drug-likeness (QED) is 0.220. The van der Waals surface area contributed by atoms with Gasteiger partial charge in [0, 0.05) is 54.2 Å². The fourth-order valence-electron chi connectivity index (χ4n) is 2.77. The average Bonchev–Trinajstić information content (AvgIpc) is 2.96. The van der Waals surface area contributed by atoms with Gasteiger partial charge < -0.3 is 10.6 Å². The monoisotopic (exact) mass is 517 g/mol. The highest BCUT2D eigenvalue weighted by Gasteiger charge is 2.04. The van der Waals surface area contributed by atoms with Crippen LogP contribution in [0.2, 0.25) is 0 Å². The van der Waals surface area contributed by atoms with E-state index < -0.39 is 10.8 Å². The Balaban J connectivity index is 0.00000392. The standard InChI is InChI=1S/C20H31N5OS.HI/c1-4-21-20(22-11-8-13-25-18(3)15-17(2)24-25)23-12-14-27(26)16-19-9-6-5-7-10-19;/h5-7,9-10,15H,4,8,11-14,16H2,1-3H3,(H2,21,22,23);1H. The van der Waals surface area contributed by atoms with Crippen LogP contribution in [0.3, 0.4) is 0 Å². The van der Waals surface area contributed by atoms with E-state index >= 15 is 0 Å². The third-order valence-electron chi connectivity index (χ3n) is 4.04. The zero-order valence-electron chi connectivity index (χ0n) is 17.0. The third-order valence-corrected chi connectivity index (χ3v) is 5.35. The van der Waals surface area contributed by atoms with Crippen molar-refractivity contribution >= 4 is 40.7 Å². The van der Waals surface area contributed by atoms with Gasteiger partial charge in [0.15, 0.2) is 5.96 Å². The van der Waals surface area contributed by atoms with Gasteiger partial charge in [-0.05, 0) is 38.8 Å². The minimum atomic E-state index is -0.881. The fraction of sp³-hybridized carbons (Fsp3) is 0.500. The molecule has 0 aliphatic heterocycles. The number of rotatable bonds is 10. The average molecular weight is 517 g/mol. The van der Waals surface area contributed by atoms with E-state index in [-0.39, 0.29) is 24.0 Å². The van der Waals surface area contributed by atoms with Crippen molar-refractivity contribution in [2.75, 3.05) is 25.4 Å². The predicted octanol–water partition coefficient (Wildman–Crippen LogP) is 3.01. The van der Waals surface area contributed by atoms with Gasteiger partial charge in [-0.15, -0.1) is 24.0 Å². The van der Waals surface area contributed by atoms with Crippen LogP contribution in [-0.4, -0.2) is 45.3 Å². The molecule has 2 aromatic rings. The molecule has 0 amide bonds. The lowest BCUT2D eigenvalue weighted by molar-refractivity contribution is 0.567. The largest absolute Gasteiger partial charge is 0.357 e.